The smallest absolute Gasteiger partial charge is 0.257 e. The lowest BCUT2D eigenvalue weighted by Crippen LogP contribution is -2.11. The third-order valence-electron chi connectivity index (χ3n) is 2.48. The van der Waals surface area contributed by atoms with Crippen molar-refractivity contribution in [3.05, 3.63) is 36.4 Å². The molecule has 0 spiro atoms. The lowest BCUT2D eigenvalue weighted by Gasteiger charge is -2.02. The fourth-order valence-electron chi connectivity index (χ4n) is 1.73. The van der Waals surface area contributed by atoms with Gasteiger partial charge in [0.1, 0.15) is 5.52 Å². The van der Waals surface area contributed by atoms with E-state index in [2.05, 4.69) is 20.6 Å². The molecule has 3 rings (SSSR count). The maximum atomic E-state index is 5.24. The zero-order valence-corrected chi connectivity index (χ0v) is 8.38. The van der Waals surface area contributed by atoms with Gasteiger partial charge in [0.15, 0.2) is 0 Å². The highest BCUT2D eigenvalue weighted by Crippen LogP contribution is 2.21. The highest BCUT2D eigenvalue weighted by molar-refractivity contribution is 6.03. The molecule has 3 N–H and O–H groups in total. The summed E-state index contributed by atoms with van der Waals surface area (Å²) < 4.78 is 0. The molecular formula is C11H9N5. The van der Waals surface area contributed by atoms with Gasteiger partial charge in [0.2, 0.25) is 0 Å². The summed E-state index contributed by atoms with van der Waals surface area (Å²) in [5, 5.41) is 10.2. The maximum absolute atomic E-state index is 5.24. The van der Waals surface area contributed by atoms with Gasteiger partial charge in [0.25, 0.3) is 5.95 Å². The molecule has 2 aromatic carbocycles. The number of hydrogen-bond acceptors (Lipinski definition) is 5. The van der Waals surface area contributed by atoms with Crippen molar-refractivity contribution < 1.29 is 0 Å². The average molecular weight is 211 g/mol. The Bertz CT molecular complexity index is 665. The fraction of sp³-hybridized carbons (Fsp3) is 0. The van der Waals surface area contributed by atoms with E-state index < -0.39 is 0 Å². The van der Waals surface area contributed by atoms with Gasteiger partial charge >= 0.3 is 0 Å². The zero-order valence-electron chi connectivity index (χ0n) is 8.38. The molecule has 0 aliphatic rings. The topological polar surface area (TPSA) is 76.7 Å². The number of aromatic nitrogens is 3. The summed E-state index contributed by atoms with van der Waals surface area (Å²) in [5.41, 5.74) is 3.95. The number of nitrogens with one attached hydrogen (secondary N) is 1. The van der Waals surface area contributed by atoms with Crippen molar-refractivity contribution in [1.82, 2.24) is 15.2 Å². The Morgan fingerprint density at radius 2 is 1.88 bits per heavy atom. The molecule has 0 radical (unpaired) electrons. The molecule has 5 nitrogen and oxygen atoms in total. The van der Waals surface area contributed by atoms with Gasteiger partial charge in [-0.2, -0.15) is 0 Å². The molecule has 78 valence electrons. The number of fused-ring (bicyclic) bond motifs is 3. The highest BCUT2D eigenvalue weighted by atomic mass is 15.3. The van der Waals surface area contributed by atoms with Gasteiger partial charge in [-0.3, -0.25) is 5.43 Å². The predicted octanol–water partition coefficient (Wildman–Crippen LogP) is 1.46. The summed E-state index contributed by atoms with van der Waals surface area (Å²) in [4.78, 5) is 4.23. The molecule has 0 saturated carbocycles. The van der Waals surface area contributed by atoms with Crippen LogP contribution in [0.5, 0.6) is 0 Å². The standard InChI is InChI=1S/C11H9N5/c12-14-11-13-9-6-5-7-3-1-2-4-8(7)10(9)15-16-11/h1-6H,12H2,(H,13,14,16). The molecule has 0 fully saturated rings. The van der Waals surface area contributed by atoms with E-state index in [1.807, 2.05) is 36.4 Å². The molecule has 0 bridgehead atoms. The lowest BCUT2D eigenvalue weighted by molar-refractivity contribution is 1.01. The Balaban J connectivity index is 2.43. The van der Waals surface area contributed by atoms with Crippen LogP contribution < -0.4 is 11.3 Å². The third-order valence-corrected chi connectivity index (χ3v) is 2.48. The summed E-state index contributed by atoms with van der Waals surface area (Å²) >= 11 is 0. The van der Waals surface area contributed by atoms with Gasteiger partial charge in [-0.1, -0.05) is 30.3 Å². The van der Waals surface area contributed by atoms with E-state index >= 15 is 0 Å². The lowest BCUT2D eigenvalue weighted by atomic mass is 10.1. The van der Waals surface area contributed by atoms with Crippen LogP contribution in [0.2, 0.25) is 0 Å². The number of hydrazine groups is 1. The summed E-state index contributed by atoms with van der Waals surface area (Å²) in [6.07, 6.45) is 0. The Labute approximate surface area is 91.3 Å². The minimum atomic E-state index is 0.322. The molecule has 0 unspecified atom stereocenters. The normalized spacial score (nSPS) is 10.8. The second-order valence-corrected chi connectivity index (χ2v) is 3.43. The van der Waals surface area contributed by atoms with E-state index in [-0.39, 0.29) is 0 Å². The first-order valence-electron chi connectivity index (χ1n) is 4.87. The zero-order chi connectivity index (χ0) is 11.0. The molecule has 0 amide bonds. The molecule has 0 aliphatic carbocycles. The molecule has 0 saturated heterocycles. The Morgan fingerprint density at radius 3 is 2.75 bits per heavy atom. The predicted molar refractivity (Wildman–Crippen MR) is 62.6 cm³/mol. The Hall–Kier alpha value is -2.27. The first kappa shape index (κ1) is 8.99. The first-order chi connectivity index (χ1) is 7.88. The number of rotatable bonds is 1. The van der Waals surface area contributed by atoms with Crippen LogP contribution in [0.4, 0.5) is 5.95 Å². The van der Waals surface area contributed by atoms with Crippen molar-refractivity contribution in [3.63, 3.8) is 0 Å². The van der Waals surface area contributed by atoms with E-state index in [4.69, 9.17) is 5.84 Å². The van der Waals surface area contributed by atoms with E-state index in [1.165, 1.54) is 0 Å². The number of nitrogens with zero attached hydrogens (tertiary/aromatic N) is 3. The second kappa shape index (κ2) is 3.39. The molecule has 1 aromatic heterocycles. The number of benzene rings is 2. The van der Waals surface area contributed by atoms with E-state index in [0.29, 0.717) is 5.95 Å². The van der Waals surface area contributed by atoms with Crippen molar-refractivity contribution in [2.45, 2.75) is 0 Å². The Kier molecular flexibility index (Phi) is 1.91. The van der Waals surface area contributed by atoms with E-state index in [0.717, 1.165) is 21.8 Å². The first-order valence-corrected chi connectivity index (χ1v) is 4.87. The van der Waals surface area contributed by atoms with Crippen molar-refractivity contribution in [3.8, 4) is 0 Å². The number of nitrogen functional groups attached to an aromatic ring is 1. The van der Waals surface area contributed by atoms with Crippen LogP contribution >= 0.6 is 0 Å². The van der Waals surface area contributed by atoms with Crippen LogP contribution in [0.25, 0.3) is 21.8 Å². The van der Waals surface area contributed by atoms with Crippen molar-refractivity contribution in [2.24, 2.45) is 5.84 Å². The fourth-order valence-corrected chi connectivity index (χ4v) is 1.73. The summed E-state index contributed by atoms with van der Waals surface area (Å²) in [6, 6.07) is 11.9. The average Bonchev–Trinajstić information content (AvgIpc) is 2.38. The van der Waals surface area contributed by atoms with Crippen LogP contribution in [0.3, 0.4) is 0 Å². The van der Waals surface area contributed by atoms with Gasteiger partial charge in [-0.25, -0.2) is 10.8 Å². The minimum Gasteiger partial charge on any atom is -0.291 e. The highest BCUT2D eigenvalue weighted by Gasteiger charge is 2.04. The van der Waals surface area contributed by atoms with Crippen molar-refractivity contribution >= 4 is 27.8 Å². The van der Waals surface area contributed by atoms with Crippen LogP contribution in [0, 0.1) is 0 Å². The molecule has 1 heterocycles. The minimum absolute atomic E-state index is 0.322. The van der Waals surface area contributed by atoms with Crippen LogP contribution in [-0.4, -0.2) is 15.2 Å². The SMILES string of the molecule is NNc1nnc2c(ccc3ccccc32)n1. The van der Waals surface area contributed by atoms with Crippen molar-refractivity contribution in [1.29, 1.82) is 0 Å². The molecule has 3 aromatic rings. The summed E-state index contributed by atoms with van der Waals surface area (Å²) in [7, 11) is 0. The molecule has 0 aliphatic heterocycles. The largest absolute Gasteiger partial charge is 0.291 e. The summed E-state index contributed by atoms with van der Waals surface area (Å²) in [6.45, 7) is 0. The monoisotopic (exact) mass is 211 g/mol. The van der Waals surface area contributed by atoms with Gasteiger partial charge in [0, 0.05) is 5.39 Å². The number of nitrogens with two attached hydrogens (primary N) is 1. The third kappa shape index (κ3) is 1.26. The van der Waals surface area contributed by atoms with Crippen LogP contribution in [0.15, 0.2) is 36.4 Å². The van der Waals surface area contributed by atoms with Gasteiger partial charge in [0.05, 0.1) is 5.52 Å². The summed E-state index contributed by atoms with van der Waals surface area (Å²) in [5.74, 6) is 5.56. The van der Waals surface area contributed by atoms with E-state index in [9.17, 15) is 0 Å². The number of anilines is 1. The number of hydrogen-bond donors (Lipinski definition) is 2. The van der Waals surface area contributed by atoms with Crippen molar-refractivity contribution in [2.75, 3.05) is 5.43 Å². The van der Waals surface area contributed by atoms with Crippen LogP contribution in [-0.2, 0) is 0 Å². The van der Waals surface area contributed by atoms with Gasteiger partial charge < -0.3 is 0 Å². The Morgan fingerprint density at radius 1 is 1.00 bits per heavy atom. The second-order valence-electron chi connectivity index (χ2n) is 3.43. The van der Waals surface area contributed by atoms with E-state index in [1.54, 1.807) is 0 Å². The molecule has 0 atom stereocenters. The maximum Gasteiger partial charge on any atom is 0.257 e. The molecular weight excluding hydrogens is 202 g/mol. The quantitative estimate of drug-likeness (QED) is 0.362. The molecule has 16 heavy (non-hydrogen) atoms. The van der Waals surface area contributed by atoms with Gasteiger partial charge in [-0.15, -0.1) is 10.2 Å². The van der Waals surface area contributed by atoms with Crippen LogP contribution in [0.1, 0.15) is 0 Å². The molecule has 5 heteroatoms. The van der Waals surface area contributed by atoms with Gasteiger partial charge in [-0.05, 0) is 11.5 Å².